The van der Waals surface area contributed by atoms with Crippen molar-refractivity contribution in [2.24, 2.45) is 0 Å². The summed E-state index contributed by atoms with van der Waals surface area (Å²) in [7, 11) is 1.59. The first-order valence-corrected chi connectivity index (χ1v) is 7.50. The molecule has 0 aliphatic heterocycles. The Morgan fingerprint density at radius 1 is 1.33 bits per heavy atom. The first-order valence-electron chi connectivity index (χ1n) is 6.68. The monoisotopic (exact) mass is 305 g/mol. The first kappa shape index (κ1) is 15.5. The van der Waals surface area contributed by atoms with Gasteiger partial charge < -0.3 is 15.2 Å². The molecule has 2 rings (SSSR count). The van der Waals surface area contributed by atoms with Crippen LogP contribution in [0.5, 0.6) is 5.75 Å². The molecule has 1 aromatic heterocycles. The molecule has 1 aromatic carbocycles. The summed E-state index contributed by atoms with van der Waals surface area (Å²) in [5.41, 5.74) is 1.86. The minimum Gasteiger partial charge on any atom is -0.497 e. The molecule has 112 valence electrons. The molecule has 0 saturated carbocycles. The fourth-order valence-electron chi connectivity index (χ4n) is 1.91. The highest BCUT2D eigenvalue weighted by Crippen LogP contribution is 2.21. The average Bonchev–Trinajstić information content (AvgIpc) is 2.84. The van der Waals surface area contributed by atoms with Crippen LogP contribution in [0, 0.1) is 13.8 Å². The highest BCUT2D eigenvalue weighted by Gasteiger charge is 2.13. The van der Waals surface area contributed by atoms with Crippen LogP contribution in [0.4, 0.5) is 0 Å². The molecular formula is C16H19NO3S. The third-order valence-corrected chi connectivity index (χ3v) is 4.50. The summed E-state index contributed by atoms with van der Waals surface area (Å²) < 4.78 is 5.07. The number of hydrogen-bond acceptors (Lipinski definition) is 4. The predicted octanol–water partition coefficient (Wildman–Crippen LogP) is 2.84. The molecule has 0 fully saturated rings. The Morgan fingerprint density at radius 3 is 2.52 bits per heavy atom. The zero-order valence-electron chi connectivity index (χ0n) is 12.3. The average molecular weight is 305 g/mol. The van der Waals surface area contributed by atoms with Crippen molar-refractivity contribution in [3.8, 4) is 5.75 Å². The van der Waals surface area contributed by atoms with Crippen LogP contribution >= 0.6 is 11.3 Å². The van der Waals surface area contributed by atoms with Crippen LogP contribution in [-0.2, 0) is 0 Å². The Labute approximate surface area is 128 Å². The Balaban J connectivity index is 1.93. The summed E-state index contributed by atoms with van der Waals surface area (Å²) >= 11 is 1.46. The van der Waals surface area contributed by atoms with Gasteiger partial charge in [-0.25, -0.2) is 0 Å². The predicted molar refractivity (Wildman–Crippen MR) is 84.1 cm³/mol. The Hall–Kier alpha value is -1.85. The van der Waals surface area contributed by atoms with Crippen molar-refractivity contribution in [1.82, 2.24) is 5.32 Å². The van der Waals surface area contributed by atoms with E-state index >= 15 is 0 Å². The molecule has 0 aliphatic carbocycles. The van der Waals surface area contributed by atoms with Gasteiger partial charge in [0.15, 0.2) is 0 Å². The van der Waals surface area contributed by atoms with Gasteiger partial charge in [-0.2, -0.15) is 0 Å². The van der Waals surface area contributed by atoms with E-state index in [1.165, 1.54) is 11.3 Å². The number of rotatable bonds is 5. The summed E-state index contributed by atoms with van der Waals surface area (Å²) in [6.45, 7) is 4.15. The van der Waals surface area contributed by atoms with Crippen LogP contribution < -0.4 is 10.1 Å². The van der Waals surface area contributed by atoms with Crippen LogP contribution in [0.25, 0.3) is 0 Å². The van der Waals surface area contributed by atoms with Gasteiger partial charge in [-0.3, -0.25) is 4.79 Å². The molecule has 1 unspecified atom stereocenters. The van der Waals surface area contributed by atoms with E-state index < -0.39 is 6.10 Å². The number of aliphatic hydroxyl groups is 1. The van der Waals surface area contributed by atoms with Gasteiger partial charge >= 0.3 is 0 Å². The van der Waals surface area contributed by atoms with E-state index in [0.29, 0.717) is 4.88 Å². The zero-order valence-corrected chi connectivity index (χ0v) is 13.2. The van der Waals surface area contributed by atoms with Crippen molar-refractivity contribution in [1.29, 1.82) is 0 Å². The summed E-state index contributed by atoms with van der Waals surface area (Å²) in [5, 5.41) is 12.8. The van der Waals surface area contributed by atoms with Crippen molar-refractivity contribution >= 4 is 17.2 Å². The Bertz CT molecular complexity index is 599. The minimum atomic E-state index is -0.734. The highest BCUT2D eigenvalue weighted by atomic mass is 32.1. The second-order valence-electron chi connectivity index (χ2n) is 4.85. The lowest BCUT2D eigenvalue weighted by Crippen LogP contribution is -2.27. The molecule has 4 nitrogen and oxygen atoms in total. The Kier molecular flexibility index (Phi) is 4.98. The summed E-state index contributed by atoms with van der Waals surface area (Å²) in [4.78, 5) is 13.8. The smallest absolute Gasteiger partial charge is 0.261 e. The topological polar surface area (TPSA) is 58.6 Å². The SMILES string of the molecule is COc1ccc(C(O)CNC(=O)c2cc(C)c(C)s2)cc1. The number of nitrogens with one attached hydrogen (secondary N) is 1. The van der Waals surface area contributed by atoms with Crippen molar-refractivity contribution in [2.75, 3.05) is 13.7 Å². The van der Waals surface area contributed by atoms with Crippen LogP contribution in [0.15, 0.2) is 30.3 Å². The van der Waals surface area contributed by atoms with Crippen molar-refractivity contribution < 1.29 is 14.6 Å². The van der Waals surface area contributed by atoms with Gasteiger partial charge in [0.05, 0.1) is 18.1 Å². The molecule has 1 amide bonds. The second-order valence-corrected chi connectivity index (χ2v) is 6.11. The third kappa shape index (κ3) is 3.83. The van der Waals surface area contributed by atoms with Crippen LogP contribution in [-0.4, -0.2) is 24.7 Å². The number of aryl methyl sites for hydroxylation is 2. The number of benzene rings is 1. The fourth-order valence-corrected chi connectivity index (χ4v) is 2.86. The van der Waals surface area contributed by atoms with E-state index in [2.05, 4.69) is 5.32 Å². The minimum absolute atomic E-state index is 0.149. The maximum Gasteiger partial charge on any atom is 0.261 e. The van der Waals surface area contributed by atoms with Gasteiger partial charge in [0, 0.05) is 11.4 Å². The lowest BCUT2D eigenvalue weighted by molar-refractivity contribution is 0.0920. The van der Waals surface area contributed by atoms with Gasteiger partial charge in [0.25, 0.3) is 5.91 Å². The van der Waals surface area contributed by atoms with Crippen molar-refractivity contribution in [2.45, 2.75) is 20.0 Å². The molecule has 1 atom stereocenters. The molecular weight excluding hydrogens is 286 g/mol. The van der Waals surface area contributed by atoms with Gasteiger partial charge in [-0.05, 0) is 43.2 Å². The molecule has 2 aromatic rings. The van der Waals surface area contributed by atoms with Gasteiger partial charge in [-0.1, -0.05) is 12.1 Å². The summed E-state index contributed by atoms with van der Waals surface area (Å²) in [6.07, 6.45) is -0.734. The molecule has 0 bridgehead atoms. The lowest BCUT2D eigenvalue weighted by atomic mass is 10.1. The van der Waals surface area contributed by atoms with E-state index in [4.69, 9.17) is 4.74 Å². The first-order chi connectivity index (χ1) is 10.0. The van der Waals surface area contributed by atoms with E-state index in [1.807, 2.05) is 19.9 Å². The standard InChI is InChI=1S/C16H19NO3S/c1-10-8-15(21-11(10)2)16(19)17-9-14(18)12-4-6-13(20-3)7-5-12/h4-8,14,18H,9H2,1-3H3,(H,17,19). The number of amides is 1. The maximum absolute atomic E-state index is 12.0. The molecule has 2 N–H and O–H groups in total. The molecule has 0 radical (unpaired) electrons. The largest absolute Gasteiger partial charge is 0.497 e. The molecule has 0 saturated heterocycles. The zero-order chi connectivity index (χ0) is 15.4. The van der Waals surface area contributed by atoms with Crippen molar-refractivity contribution in [3.63, 3.8) is 0 Å². The van der Waals surface area contributed by atoms with E-state index in [9.17, 15) is 9.90 Å². The van der Waals surface area contributed by atoms with Crippen LogP contribution in [0.2, 0.25) is 0 Å². The molecule has 0 aliphatic rings. The van der Waals surface area contributed by atoms with Crippen LogP contribution in [0.3, 0.4) is 0 Å². The molecule has 1 heterocycles. The summed E-state index contributed by atoms with van der Waals surface area (Å²) in [6, 6.07) is 9.01. The van der Waals surface area contributed by atoms with E-state index in [0.717, 1.165) is 21.8 Å². The second kappa shape index (κ2) is 6.74. The lowest BCUT2D eigenvalue weighted by Gasteiger charge is -2.12. The number of ether oxygens (including phenoxy) is 1. The van der Waals surface area contributed by atoms with Gasteiger partial charge in [0.1, 0.15) is 5.75 Å². The van der Waals surface area contributed by atoms with Crippen molar-refractivity contribution in [3.05, 3.63) is 51.2 Å². The number of hydrogen-bond donors (Lipinski definition) is 2. The van der Waals surface area contributed by atoms with Crippen LogP contribution in [0.1, 0.15) is 31.8 Å². The molecule has 21 heavy (non-hydrogen) atoms. The maximum atomic E-state index is 12.0. The van der Waals surface area contributed by atoms with Gasteiger partial charge in [-0.15, -0.1) is 11.3 Å². The quantitative estimate of drug-likeness (QED) is 0.893. The fraction of sp³-hybridized carbons (Fsp3) is 0.312. The number of methoxy groups -OCH3 is 1. The highest BCUT2D eigenvalue weighted by molar-refractivity contribution is 7.14. The number of carbonyl (C=O) groups excluding carboxylic acids is 1. The molecule has 5 heteroatoms. The number of aliphatic hydroxyl groups excluding tert-OH is 1. The normalized spacial score (nSPS) is 12.0. The van der Waals surface area contributed by atoms with E-state index in [1.54, 1.807) is 31.4 Å². The van der Waals surface area contributed by atoms with Gasteiger partial charge in [0.2, 0.25) is 0 Å². The number of thiophene rings is 1. The number of carbonyl (C=O) groups is 1. The third-order valence-electron chi connectivity index (χ3n) is 3.35. The molecule has 0 spiro atoms. The summed E-state index contributed by atoms with van der Waals surface area (Å²) in [5.74, 6) is 0.586. The van der Waals surface area contributed by atoms with E-state index in [-0.39, 0.29) is 12.5 Å². The Morgan fingerprint density at radius 2 is 2.00 bits per heavy atom.